The molecule has 1 amide bonds. The van der Waals surface area contributed by atoms with Crippen molar-refractivity contribution in [3.05, 3.63) is 80.4 Å². The maximum absolute atomic E-state index is 15.5. The SMILES string of the molecule is CNC(=O)c1c(Cl)c2cc(F)c(-c3c(F)cccc3OC)nc2n(-c2c(C)ccnc2C(C)C)c1=O. The minimum absolute atomic E-state index is 0.00406. The van der Waals surface area contributed by atoms with E-state index in [-0.39, 0.29) is 44.5 Å². The van der Waals surface area contributed by atoms with Crippen molar-refractivity contribution in [1.29, 1.82) is 0 Å². The smallest absolute Gasteiger partial charge is 0.271 e. The molecule has 0 spiro atoms. The summed E-state index contributed by atoms with van der Waals surface area (Å²) in [5.74, 6) is -2.47. The molecule has 0 aliphatic carbocycles. The minimum atomic E-state index is -0.909. The monoisotopic (exact) mass is 512 g/mol. The number of methoxy groups -OCH3 is 1. The molecule has 0 bridgehead atoms. The average molecular weight is 513 g/mol. The third-order valence-electron chi connectivity index (χ3n) is 5.85. The van der Waals surface area contributed by atoms with Crippen molar-refractivity contribution in [1.82, 2.24) is 19.9 Å². The summed E-state index contributed by atoms with van der Waals surface area (Å²) in [6, 6.07) is 6.79. The van der Waals surface area contributed by atoms with E-state index in [1.54, 1.807) is 19.2 Å². The van der Waals surface area contributed by atoms with E-state index in [9.17, 15) is 14.0 Å². The topological polar surface area (TPSA) is 86.1 Å². The van der Waals surface area contributed by atoms with Gasteiger partial charge < -0.3 is 10.1 Å². The first kappa shape index (κ1) is 25.2. The Morgan fingerprint density at radius 3 is 2.56 bits per heavy atom. The molecule has 10 heteroatoms. The van der Waals surface area contributed by atoms with Gasteiger partial charge in [0.2, 0.25) is 0 Å². The lowest BCUT2D eigenvalue weighted by atomic mass is 10.0. The summed E-state index contributed by atoms with van der Waals surface area (Å²) in [5, 5.41) is 2.14. The molecular weight excluding hydrogens is 490 g/mol. The number of nitrogens with zero attached hydrogens (tertiary/aromatic N) is 3. The van der Waals surface area contributed by atoms with Gasteiger partial charge in [0, 0.05) is 18.6 Å². The number of rotatable bonds is 5. The van der Waals surface area contributed by atoms with Crippen molar-refractivity contribution in [3.8, 4) is 22.7 Å². The number of nitrogens with one attached hydrogen (secondary N) is 1. The fraction of sp³-hybridized carbons (Fsp3) is 0.231. The molecule has 1 N–H and O–H groups in total. The van der Waals surface area contributed by atoms with Crippen molar-refractivity contribution < 1.29 is 18.3 Å². The van der Waals surface area contributed by atoms with Crippen LogP contribution in [0, 0.1) is 18.6 Å². The van der Waals surface area contributed by atoms with Gasteiger partial charge in [0.1, 0.15) is 28.5 Å². The Morgan fingerprint density at radius 1 is 1.19 bits per heavy atom. The molecule has 0 saturated carbocycles. The van der Waals surface area contributed by atoms with Crippen LogP contribution in [0.25, 0.3) is 28.0 Å². The number of benzene rings is 1. The number of halogens is 3. The molecule has 36 heavy (non-hydrogen) atoms. The van der Waals surface area contributed by atoms with Crippen molar-refractivity contribution in [3.63, 3.8) is 0 Å². The van der Waals surface area contributed by atoms with Gasteiger partial charge >= 0.3 is 0 Å². The van der Waals surface area contributed by atoms with Crippen molar-refractivity contribution in [2.75, 3.05) is 14.2 Å². The quantitative estimate of drug-likeness (QED) is 0.398. The molecule has 0 radical (unpaired) electrons. The fourth-order valence-electron chi connectivity index (χ4n) is 4.14. The third kappa shape index (κ3) is 3.99. The third-order valence-corrected chi connectivity index (χ3v) is 6.24. The van der Waals surface area contributed by atoms with Crippen LogP contribution in [0.15, 0.2) is 41.3 Å². The Morgan fingerprint density at radius 2 is 1.92 bits per heavy atom. The molecule has 0 aliphatic heterocycles. The van der Waals surface area contributed by atoms with Crippen LogP contribution in [-0.4, -0.2) is 34.6 Å². The van der Waals surface area contributed by atoms with Crippen LogP contribution < -0.4 is 15.6 Å². The van der Waals surface area contributed by atoms with Gasteiger partial charge in [0.15, 0.2) is 5.82 Å². The van der Waals surface area contributed by atoms with Crippen LogP contribution >= 0.6 is 11.6 Å². The van der Waals surface area contributed by atoms with Crippen molar-refractivity contribution in [2.24, 2.45) is 0 Å². The molecule has 0 aliphatic rings. The van der Waals surface area contributed by atoms with Gasteiger partial charge in [-0.3, -0.25) is 19.1 Å². The summed E-state index contributed by atoms with van der Waals surface area (Å²) < 4.78 is 36.8. The number of hydrogen-bond acceptors (Lipinski definition) is 5. The van der Waals surface area contributed by atoms with Gasteiger partial charge in [-0.2, -0.15) is 0 Å². The van der Waals surface area contributed by atoms with Crippen molar-refractivity contribution >= 4 is 28.5 Å². The second-order valence-electron chi connectivity index (χ2n) is 8.43. The Hall–Kier alpha value is -3.85. The molecule has 4 rings (SSSR count). The fourth-order valence-corrected chi connectivity index (χ4v) is 4.45. The van der Waals surface area contributed by atoms with Crippen LogP contribution in [-0.2, 0) is 0 Å². The summed E-state index contributed by atoms with van der Waals surface area (Å²) in [4.78, 5) is 35.3. The predicted octanol–water partition coefficient (Wildman–Crippen LogP) is 5.18. The molecule has 3 aromatic heterocycles. The standard InChI is InChI=1S/C26H23ClF2N4O3/c1-12(2)21-23(13(3)9-10-31-21)33-24-14(20(27)19(26(33)35)25(34)30-4)11-16(29)22(32-24)18-15(28)7-6-8-17(18)36-5/h6-12H,1-5H3,(H,30,34). The molecule has 4 aromatic rings. The number of aryl methyl sites for hydroxylation is 1. The summed E-state index contributed by atoms with van der Waals surface area (Å²) in [6.45, 7) is 5.58. The number of carbonyl (C=O) groups excluding carboxylic acids is 1. The van der Waals surface area contributed by atoms with Crippen LogP contribution in [0.5, 0.6) is 5.75 Å². The molecular formula is C26H23ClF2N4O3. The molecule has 0 saturated heterocycles. The summed E-state index contributed by atoms with van der Waals surface area (Å²) >= 11 is 6.49. The van der Waals surface area contributed by atoms with Crippen LogP contribution in [0.2, 0.25) is 5.02 Å². The highest BCUT2D eigenvalue weighted by atomic mass is 35.5. The minimum Gasteiger partial charge on any atom is -0.496 e. The van der Waals surface area contributed by atoms with E-state index >= 15 is 4.39 Å². The van der Waals surface area contributed by atoms with Gasteiger partial charge in [-0.15, -0.1) is 0 Å². The number of pyridine rings is 3. The van der Waals surface area contributed by atoms with Gasteiger partial charge in [-0.1, -0.05) is 31.5 Å². The molecule has 0 unspecified atom stereocenters. The number of amides is 1. The average Bonchev–Trinajstić information content (AvgIpc) is 2.84. The van der Waals surface area contributed by atoms with E-state index in [0.29, 0.717) is 16.9 Å². The summed E-state index contributed by atoms with van der Waals surface area (Å²) in [7, 11) is 2.68. The van der Waals surface area contributed by atoms with Gasteiger partial charge in [-0.05, 0) is 42.7 Å². The Labute approximate surface area is 210 Å². The molecule has 1 aromatic carbocycles. The Kier molecular flexibility index (Phi) is 6.77. The highest BCUT2D eigenvalue weighted by molar-refractivity contribution is 6.38. The van der Waals surface area contributed by atoms with E-state index in [2.05, 4.69) is 15.3 Å². The Balaban J connectivity index is 2.26. The summed E-state index contributed by atoms with van der Waals surface area (Å²) in [5.41, 5.74) is -0.179. The van der Waals surface area contributed by atoms with Crippen LogP contribution in [0.3, 0.4) is 0 Å². The molecule has 0 fully saturated rings. The first-order chi connectivity index (χ1) is 17.1. The first-order valence-electron chi connectivity index (χ1n) is 11.1. The largest absolute Gasteiger partial charge is 0.496 e. The van der Waals surface area contributed by atoms with Crippen LogP contribution in [0.4, 0.5) is 8.78 Å². The highest BCUT2D eigenvalue weighted by Crippen LogP contribution is 2.37. The second kappa shape index (κ2) is 9.66. The predicted molar refractivity (Wildman–Crippen MR) is 134 cm³/mol. The van der Waals surface area contributed by atoms with Crippen molar-refractivity contribution in [2.45, 2.75) is 26.7 Å². The number of fused-ring (bicyclic) bond motifs is 1. The lowest BCUT2D eigenvalue weighted by molar-refractivity contribution is 0.0961. The zero-order valence-electron chi connectivity index (χ0n) is 20.2. The zero-order valence-corrected chi connectivity index (χ0v) is 21.0. The molecule has 3 heterocycles. The maximum atomic E-state index is 15.5. The first-order valence-corrected chi connectivity index (χ1v) is 11.5. The Bertz CT molecular complexity index is 1580. The summed E-state index contributed by atoms with van der Waals surface area (Å²) in [6.07, 6.45) is 1.61. The number of hydrogen-bond donors (Lipinski definition) is 1. The maximum Gasteiger partial charge on any atom is 0.271 e. The lowest BCUT2D eigenvalue weighted by Gasteiger charge is -2.20. The van der Waals surface area contributed by atoms with E-state index in [0.717, 1.165) is 12.1 Å². The lowest BCUT2D eigenvalue weighted by Crippen LogP contribution is -2.33. The van der Waals surface area contributed by atoms with E-state index in [4.69, 9.17) is 16.3 Å². The number of aromatic nitrogens is 3. The van der Waals surface area contributed by atoms with Gasteiger partial charge in [0.05, 0.1) is 29.1 Å². The normalized spacial score (nSPS) is 11.2. The molecule has 186 valence electrons. The zero-order chi connectivity index (χ0) is 26.3. The second-order valence-corrected chi connectivity index (χ2v) is 8.81. The highest BCUT2D eigenvalue weighted by Gasteiger charge is 2.28. The van der Waals surface area contributed by atoms with E-state index < -0.39 is 23.1 Å². The van der Waals surface area contributed by atoms with Gasteiger partial charge in [0.25, 0.3) is 11.5 Å². The number of ether oxygens (including phenoxy) is 1. The molecule has 0 atom stereocenters. The van der Waals surface area contributed by atoms with E-state index in [1.807, 2.05) is 13.8 Å². The van der Waals surface area contributed by atoms with Gasteiger partial charge in [-0.25, -0.2) is 13.8 Å². The van der Waals surface area contributed by atoms with E-state index in [1.165, 1.54) is 30.9 Å². The van der Waals surface area contributed by atoms with Crippen LogP contribution in [0.1, 0.15) is 41.4 Å². The number of carbonyl (C=O) groups is 1. The molecule has 7 nitrogen and oxygen atoms in total.